The van der Waals surface area contributed by atoms with Gasteiger partial charge in [-0.2, -0.15) is 23.0 Å². The molecule has 0 bridgehead atoms. The Morgan fingerprint density at radius 3 is 2.52 bits per heavy atom. The van der Waals surface area contributed by atoms with Crippen molar-refractivity contribution < 1.29 is 31.1 Å². The summed E-state index contributed by atoms with van der Waals surface area (Å²) in [7, 11) is -3.95. The van der Waals surface area contributed by atoms with Gasteiger partial charge in [-0.25, -0.2) is 13.4 Å². The van der Waals surface area contributed by atoms with Gasteiger partial charge in [0.2, 0.25) is 0 Å². The molecule has 0 N–H and O–H groups in total. The van der Waals surface area contributed by atoms with Crippen molar-refractivity contribution in [2.45, 2.75) is 24.9 Å². The van der Waals surface area contributed by atoms with Gasteiger partial charge in [-0.15, -0.1) is 0 Å². The number of sulfone groups is 1. The maximum absolute atomic E-state index is 13.1. The van der Waals surface area contributed by atoms with Crippen LogP contribution in [-0.2, 0) is 20.8 Å². The van der Waals surface area contributed by atoms with Gasteiger partial charge in [0.1, 0.15) is 17.3 Å². The van der Waals surface area contributed by atoms with Crippen LogP contribution in [0.5, 0.6) is 5.75 Å². The summed E-state index contributed by atoms with van der Waals surface area (Å²) < 4.78 is 70.2. The lowest BCUT2D eigenvalue weighted by Gasteiger charge is -2.13. The Morgan fingerprint density at radius 1 is 1.19 bits per heavy atom. The lowest BCUT2D eigenvalue weighted by molar-refractivity contribution is -0.137. The zero-order valence-electron chi connectivity index (χ0n) is 16.3. The van der Waals surface area contributed by atoms with Crippen LogP contribution in [0.2, 0.25) is 0 Å². The van der Waals surface area contributed by atoms with Crippen molar-refractivity contribution in [3.8, 4) is 11.6 Å². The number of carbonyl (C=O) groups excluding carboxylic acids is 1. The van der Waals surface area contributed by atoms with Gasteiger partial charge >= 0.3 is 6.18 Å². The molecule has 3 aromatic rings. The van der Waals surface area contributed by atoms with Crippen molar-refractivity contribution in [2.24, 2.45) is 0 Å². The highest BCUT2D eigenvalue weighted by molar-refractivity contribution is 7.91. The van der Waals surface area contributed by atoms with E-state index in [9.17, 15) is 31.2 Å². The second kappa shape index (κ2) is 8.10. The molecule has 0 amide bonds. The summed E-state index contributed by atoms with van der Waals surface area (Å²) in [6, 6.07) is 3.69. The van der Waals surface area contributed by atoms with E-state index in [0.717, 1.165) is 30.6 Å². The summed E-state index contributed by atoms with van der Waals surface area (Å²) >= 11 is 0. The van der Waals surface area contributed by atoms with E-state index in [2.05, 4.69) is 10.1 Å². The Labute approximate surface area is 174 Å². The van der Waals surface area contributed by atoms with Crippen molar-refractivity contribution >= 4 is 26.4 Å². The van der Waals surface area contributed by atoms with Crippen LogP contribution in [0.15, 0.2) is 46.3 Å². The maximum Gasteiger partial charge on any atom is 0.416 e. The highest BCUT2D eigenvalue weighted by Gasteiger charge is 2.31. The number of ether oxygens (including phenoxy) is 1. The normalized spacial score (nSPS) is 12.2. The smallest absolute Gasteiger partial charge is 0.416 e. The molecule has 12 heteroatoms. The minimum absolute atomic E-state index is 0.0285. The predicted molar refractivity (Wildman–Crippen MR) is 104 cm³/mol. The molecule has 3 rings (SSSR count). The van der Waals surface area contributed by atoms with E-state index >= 15 is 0 Å². The van der Waals surface area contributed by atoms with E-state index in [-0.39, 0.29) is 40.5 Å². The number of carbonyl (C=O) groups is 1. The van der Waals surface area contributed by atoms with Crippen LogP contribution in [0.4, 0.5) is 13.2 Å². The molecule has 8 nitrogen and oxygen atoms in total. The highest BCUT2D eigenvalue weighted by Crippen LogP contribution is 2.31. The zero-order chi connectivity index (χ0) is 23.0. The Balaban J connectivity index is 2.24. The summed E-state index contributed by atoms with van der Waals surface area (Å²) in [5, 5.41) is 3.73. The lowest BCUT2D eigenvalue weighted by atomic mass is 10.1. The maximum atomic E-state index is 13.1. The van der Waals surface area contributed by atoms with Gasteiger partial charge in [-0.1, -0.05) is 13.0 Å². The molecule has 0 atom stereocenters. The van der Waals surface area contributed by atoms with Crippen molar-refractivity contribution in [1.29, 1.82) is 0 Å². The fourth-order valence-corrected chi connectivity index (χ4v) is 3.72. The molecule has 0 aliphatic heterocycles. The molecule has 31 heavy (non-hydrogen) atoms. The number of Topliss-reactive ketones (excluding diaryl/α,β-unsaturated/α-hetero) is 1. The van der Waals surface area contributed by atoms with E-state index < -0.39 is 32.0 Å². The number of hydrogen-bond acceptors (Lipinski definition) is 7. The highest BCUT2D eigenvalue weighted by atomic mass is 32.2. The number of alkyl halides is 3. The average Bonchev–Trinajstić information content (AvgIpc) is 2.71. The molecular weight excluding hydrogens is 439 g/mol. The molecule has 0 radical (unpaired) electrons. The van der Waals surface area contributed by atoms with Crippen LogP contribution in [-0.4, -0.2) is 41.3 Å². The van der Waals surface area contributed by atoms with Gasteiger partial charge in [-0.05, 0) is 19.1 Å². The first-order valence-corrected chi connectivity index (χ1v) is 10.5. The average molecular weight is 455 g/mol. The third-order valence-corrected chi connectivity index (χ3v) is 6.01. The number of pyridine rings is 1. The molecule has 0 fully saturated rings. The van der Waals surface area contributed by atoms with Crippen LogP contribution < -0.4 is 10.3 Å². The number of hydrogen-bond donors (Lipinski definition) is 0. The van der Waals surface area contributed by atoms with Crippen molar-refractivity contribution in [3.05, 3.63) is 52.6 Å². The SMILES string of the molecule is CCS(=O)(=O)c1cc(OCC(C)=O)cnc1-n1ncc2ccc(C(F)(F)F)cc2c1=O. The molecule has 0 saturated carbocycles. The van der Waals surface area contributed by atoms with Crippen LogP contribution in [0.25, 0.3) is 16.6 Å². The molecule has 0 aliphatic carbocycles. The number of benzene rings is 1. The van der Waals surface area contributed by atoms with Crippen LogP contribution in [0.3, 0.4) is 0 Å². The van der Waals surface area contributed by atoms with Gasteiger partial charge < -0.3 is 4.74 Å². The Morgan fingerprint density at radius 2 is 1.90 bits per heavy atom. The Kier molecular flexibility index (Phi) is 5.85. The van der Waals surface area contributed by atoms with Gasteiger partial charge in [0.15, 0.2) is 21.4 Å². The van der Waals surface area contributed by atoms with Gasteiger partial charge in [0, 0.05) is 11.5 Å². The molecule has 1 aromatic carbocycles. The summed E-state index contributed by atoms with van der Waals surface area (Å²) in [5.41, 5.74) is -2.00. The lowest BCUT2D eigenvalue weighted by Crippen LogP contribution is -2.25. The van der Waals surface area contributed by atoms with E-state index in [1.54, 1.807) is 0 Å². The van der Waals surface area contributed by atoms with E-state index in [0.29, 0.717) is 10.7 Å². The number of halogens is 3. The molecule has 2 aromatic heterocycles. The van der Waals surface area contributed by atoms with Crippen molar-refractivity contribution in [3.63, 3.8) is 0 Å². The molecule has 2 heterocycles. The summed E-state index contributed by atoms with van der Waals surface area (Å²) in [4.78, 5) is 27.5. The third kappa shape index (κ3) is 4.58. The third-order valence-electron chi connectivity index (χ3n) is 4.28. The fourth-order valence-electron chi connectivity index (χ4n) is 2.69. The van der Waals surface area contributed by atoms with Gasteiger partial charge in [0.25, 0.3) is 5.56 Å². The number of aromatic nitrogens is 3. The Bertz CT molecular complexity index is 1330. The number of rotatable bonds is 6. The summed E-state index contributed by atoms with van der Waals surface area (Å²) in [6.45, 7) is 2.33. The number of fused-ring (bicyclic) bond motifs is 1. The first-order valence-electron chi connectivity index (χ1n) is 8.88. The number of ketones is 1. The minimum atomic E-state index is -4.67. The summed E-state index contributed by atoms with van der Waals surface area (Å²) in [6.07, 6.45) is -2.43. The molecule has 164 valence electrons. The van der Waals surface area contributed by atoms with Crippen LogP contribution in [0, 0.1) is 0 Å². The fraction of sp³-hybridized carbons (Fsp3) is 0.263. The van der Waals surface area contributed by atoms with Gasteiger partial charge in [0.05, 0.1) is 29.1 Å². The van der Waals surface area contributed by atoms with Crippen molar-refractivity contribution in [1.82, 2.24) is 14.8 Å². The van der Waals surface area contributed by atoms with E-state index in [4.69, 9.17) is 4.74 Å². The van der Waals surface area contributed by atoms with E-state index in [1.165, 1.54) is 13.8 Å². The Hall–Kier alpha value is -3.28. The van der Waals surface area contributed by atoms with Crippen molar-refractivity contribution in [2.75, 3.05) is 12.4 Å². The monoisotopic (exact) mass is 455 g/mol. The summed E-state index contributed by atoms with van der Waals surface area (Å²) in [5.74, 6) is -1.07. The molecule has 0 saturated heterocycles. The predicted octanol–water partition coefficient (Wildman–Crippen LogP) is 2.56. The molecular formula is C19H16F3N3O5S. The zero-order valence-corrected chi connectivity index (χ0v) is 17.1. The van der Waals surface area contributed by atoms with Crippen LogP contribution in [0.1, 0.15) is 19.4 Å². The van der Waals surface area contributed by atoms with E-state index in [1.807, 2.05) is 0 Å². The molecule has 0 spiro atoms. The second-order valence-corrected chi connectivity index (χ2v) is 8.79. The van der Waals surface area contributed by atoms with Gasteiger partial charge in [-0.3, -0.25) is 9.59 Å². The molecule has 0 aliphatic rings. The number of nitrogens with zero attached hydrogens (tertiary/aromatic N) is 3. The molecule has 0 unspecified atom stereocenters. The van der Waals surface area contributed by atoms with Crippen LogP contribution >= 0.6 is 0 Å². The first kappa shape index (κ1) is 22.4. The minimum Gasteiger partial charge on any atom is -0.484 e. The largest absolute Gasteiger partial charge is 0.484 e. The second-order valence-electron chi connectivity index (χ2n) is 6.55. The standard InChI is InChI=1S/C19H16F3N3O5S/c1-3-31(28,29)16-7-14(30-10-11(2)26)9-23-17(16)25-18(27)15-6-13(19(20,21)22)5-4-12(15)8-24-25/h4-9H,3,10H2,1-2H3. The quantitative estimate of drug-likeness (QED) is 0.562. The topological polar surface area (TPSA) is 108 Å². The first-order chi connectivity index (χ1) is 14.4.